The van der Waals surface area contributed by atoms with Crippen LogP contribution in [0.25, 0.3) is 0 Å². The Labute approximate surface area is 127 Å². The predicted molar refractivity (Wildman–Crippen MR) is 82.2 cm³/mol. The first-order valence-electron chi connectivity index (χ1n) is 7.57. The number of nitrogens with zero attached hydrogens (tertiary/aromatic N) is 3. The molecular weight excluding hydrogens is 288 g/mol. The summed E-state index contributed by atoms with van der Waals surface area (Å²) in [5.74, 6) is 0.643. The van der Waals surface area contributed by atoms with Crippen LogP contribution in [0.5, 0.6) is 0 Å². The maximum absolute atomic E-state index is 12.9. The van der Waals surface area contributed by atoms with Crippen molar-refractivity contribution in [2.75, 3.05) is 13.1 Å². The SMILES string of the molecule is CCN(C1(CN)CCC(C)CC1)S(=O)(=O)c1cnn(C)c1. The highest BCUT2D eigenvalue weighted by molar-refractivity contribution is 7.89. The zero-order chi connectivity index (χ0) is 15.7. The summed E-state index contributed by atoms with van der Waals surface area (Å²) in [6, 6.07) is 0. The third-order valence-corrected chi connectivity index (χ3v) is 6.70. The van der Waals surface area contributed by atoms with Gasteiger partial charge in [-0.2, -0.15) is 9.40 Å². The Morgan fingerprint density at radius 1 is 1.48 bits per heavy atom. The van der Waals surface area contributed by atoms with Crippen LogP contribution in [0.3, 0.4) is 0 Å². The molecular formula is C14H26N4O2S. The van der Waals surface area contributed by atoms with Crippen molar-refractivity contribution >= 4 is 10.0 Å². The summed E-state index contributed by atoms with van der Waals surface area (Å²) in [5.41, 5.74) is 5.56. The van der Waals surface area contributed by atoms with Crippen LogP contribution in [0, 0.1) is 5.92 Å². The highest BCUT2D eigenvalue weighted by Crippen LogP contribution is 2.38. The molecule has 1 aromatic heterocycles. The highest BCUT2D eigenvalue weighted by atomic mass is 32.2. The second-order valence-electron chi connectivity index (χ2n) is 6.13. The van der Waals surface area contributed by atoms with Crippen molar-refractivity contribution in [3.8, 4) is 0 Å². The first kappa shape index (κ1) is 16.5. The maximum atomic E-state index is 12.9. The molecule has 21 heavy (non-hydrogen) atoms. The molecule has 0 saturated heterocycles. The Balaban J connectivity index is 2.37. The van der Waals surface area contributed by atoms with E-state index in [2.05, 4.69) is 12.0 Å². The Morgan fingerprint density at radius 2 is 2.10 bits per heavy atom. The lowest BCUT2D eigenvalue weighted by Gasteiger charge is -2.45. The molecule has 0 aromatic carbocycles. The topological polar surface area (TPSA) is 81.2 Å². The lowest BCUT2D eigenvalue weighted by atomic mass is 9.77. The fourth-order valence-electron chi connectivity index (χ4n) is 3.27. The van der Waals surface area contributed by atoms with Gasteiger partial charge >= 0.3 is 0 Å². The molecule has 0 radical (unpaired) electrons. The number of hydrogen-bond acceptors (Lipinski definition) is 4. The van der Waals surface area contributed by atoms with E-state index >= 15 is 0 Å². The largest absolute Gasteiger partial charge is 0.329 e. The average Bonchev–Trinajstić information content (AvgIpc) is 2.89. The van der Waals surface area contributed by atoms with Gasteiger partial charge in [0, 0.05) is 31.9 Å². The van der Waals surface area contributed by atoms with E-state index in [1.54, 1.807) is 17.5 Å². The van der Waals surface area contributed by atoms with Gasteiger partial charge in [-0.1, -0.05) is 13.8 Å². The van der Waals surface area contributed by atoms with Gasteiger partial charge in [0.2, 0.25) is 10.0 Å². The predicted octanol–water partition coefficient (Wildman–Crippen LogP) is 1.34. The van der Waals surface area contributed by atoms with E-state index in [-0.39, 0.29) is 4.90 Å². The zero-order valence-electron chi connectivity index (χ0n) is 13.1. The molecule has 1 aromatic rings. The lowest BCUT2D eigenvalue weighted by Crippen LogP contribution is -2.57. The molecule has 2 rings (SSSR count). The number of aryl methyl sites for hydroxylation is 1. The highest BCUT2D eigenvalue weighted by Gasteiger charge is 2.44. The second-order valence-corrected chi connectivity index (χ2v) is 7.99. The minimum Gasteiger partial charge on any atom is -0.329 e. The van der Waals surface area contributed by atoms with Crippen molar-refractivity contribution in [2.24, 2.45) is 18.7 Å². The number of rotatable bonds is 5. The first-order valence-corrected chi connectivity index (χ1v) is 9.01. The van der Waals surface area contributed by atoms with Gasteiger partial charge in [0.1, 0.15) is 4.90 Å². The molecule has 1 fully saturated rings. The van der Waals surface area contributed by atoms with Crippen molar-refractivity contribution < 1.29 is 8.42 Å². The van der Waals surface area contributed by atoms with Crippen LogP contribution < -0.4 is 5.73 Å². The van der Waals surface area contributed by atoms with E-state index in [9.17, 15) is 8.42 Å². The van der Waals surface area contributed by atoms with Gasteiger partial charge in [-0.15, -0.1) is 0 Å². The van der Waals surface area contributed by atoms with Crippen LogP contribution in [-0.4, -0.2) is 41.1 Å². The van der Waals surface area contributed by atoms with Crippen molar-refractivity contribution in [1.82, 2.24) is 14.1 Å². The van der Waals surface area contributed by atoms with E-state index in [4.69, 9.17) is 5.73 Å². The van der Waals surface area contributed by atoms with E-state index in [1.165, 1.54) is 10.9 Å². The number of nitrogens with two attached hydrogens (primary N) is 1. The van der Waals surface area contributed by atoms with Gasteiger partial charge in [0.25, 0.3) is 0 Å². The third kappa shape index (κ3) is 3.00. The maximum Gasteiger partial charge on any atom is 0.246 e. The molecule has 0 bridgehead atoms. The molecule has 0 unspecified atom stereocenters. The molecule has 0 aliphatic heterocycles. The molecule has 0 spiro atoms. The number of likely N-dealkylation sites (N-methyl/N-ethyl adjacent to an activating group) is 1. The van der Waals surface area contributed by atoms with Crippen LogP contribution in [0.15, 0.2) is 17.3 Å². The molecule has 1 aliphatic rings. The zero-order valence-corrected chi connectivity index (χ0v) is 13.9. The normalized spacial score (nSPS) is 27.2. The molecule has 1 aliphatic carbocycles. The number of aromatic nitrogens is 2. The van der Waals surface area contributed by atoms with E-state index in [0.29, 0.717) is 19.0 Å². The van der Waals surface area contributed by atoms with Gasteiger partial charge in [0.05, 0.1) is 6.20 Å². The second kappa shape index (κ2) is 6.06. The summed E-state index contributed by atoms with van der Waals surface area (Å²) in [7, 11) is -1.83. The first-order chi connectivity index (χ1) is 9.85. The van der Waals surface area contributed by atoms with Crippen molar-refractivity contribution in [2.45, 2.75) is 50.0 Å². The Kier molecular flexibility index (Phi) is 4.75. The van der Waals surface area contributed by atoms with Crippen LogP contribution in [0.1, 0.15) is 39.5 Å². The Hall–Kier alpha value is -0.920. The Morgan fingerprint density at radius 3 is 2.52 bits per heavy atom. The summed E-state index contributed by atoms with van der Waals surface area (Å²) in [4.78, 5) is 0.248. The fourth-order valence-corrected chi connectivity index (χ4v) is 5.10. The van der Waals surface area contributed by atoms with Crippen LogP contribution >= 0.6 is 0 Å². The minimum absolute atomic E-state index is 0.248. The van der Waals surface area contributed by atoms with Gasteiger partial charge in [-0.05, 0) is 31.6 Å². The molecule has 7 heteroatoms. The summed E-state index contributed by atoms with van der Waals surface area (Å²) in [5, 5.41) is 3.98. The van der Waals surface area contributed by atoms with Gasteiger partial charge < -0.3 is 5.73 Å². The van der Waals surface area contributed by atoms with Crippen LogP contribution in [-0.2, 0) is 17.1 Å². The molecule has 1 heterocycles. The summed E-state index contributed by atoms with van der Waals surface area (Å²) >= 11 is 0. The summed E-state index contributed by atoms with van der Waals surface area (Å²) in [6.07, 6.45) is 6.67. The van der Waals surface area contributed by atoms with Gasteiger partial charge in [-0.3, -0.25) is 4.68 Å². The van der Waals surface area contributed by atoms with Gasteiger partial charge in [-0.25, -0.2) is 8.42 Å². The molecule has 0 atom stereocenters. The van der Waals surface area contributed by atoms with Crippen LogP contribution in [0.4, 0.5) is 0 Å². The minimum atomic E-state index is -3.55. The summed E-state index contributed by atoms with van der Waals surface area (Å²) in [6.45, 7) is 4.89. The monoisotopic (exact) mass is 314 g/mol. The standard InChI is InChI=1S/C14H26N4O2S/c1-4-18(14(11-15)7-5-12(2)6-8-14)21(19,20)13-9-16-17(3)10-13/h9-10,12H,4-8,11,15H2,1-3H3. The molecule has 2 N–H and O–H groups in total. The van der Waals surface area contributed by atoms with Crippen molar-refractivity contribution in [1.29, 1.82) is 0 Å². The fraction of sp³-hybridized carbons (Fsp3) is 0.786. The third-order valence-electron chi connectivity index (χ3n) is 4.67. The van der Waals surface area contributed by atoms with Crippen molar-refractivity contribution in [3.05, 3.63) is 12.4 Å². The summed E-state index contributed by atoms with van der Waals surface area (Å²) < 4.78 is 29.0. The average molecular weight is 314 g/mol. The molecule has 1 saturated carbocycles. The molecule has 120 valence electrons. The van der Waals surface area contributed by atoms with Gasteiger partial charge in [0.15, 0.2) is 0 Å². The van der Waals surface area contributed by atoms with E-state index in [0.717, 1.165) is 25.7 Å². The Bertz CT molecular complexity index is 574. The van der Waals surface area contributed by atoms with Crippen molar-refractivity contribution in [3.63, 3.8) is 0 Å². The van der Waals surface area contributed by atoms with E-state index in [1.807, 2.05) is 6.92 Å². The van der Waals surface area contributed by atoms with E-state index < -0.39 is 15.6 Å². The molecule has 0 amide bonds. The number of sulfonamides is 1. The smallest absolute Gasteiger partial charge is 0.246 e. The lowest BCUT2D eigenvalue weighted by molar-refractivity contribution is 0.120. The number of hydrogen-bond donors (Lipinski definition) is 1. The van der Waals surface area contributed by atoms with Crippen LogP contribution in [0.2, 0.25) is 0 Å². The molecule has 6 nitrogen and oxygen atoms in total. The quantitative estimate of drug-likeness (QED) is 0.889.